The summed E-state index contributed by atoms with van der Waals surface area (Å²) >= 11 is 6.04. The number of piperidine rings is 1. The summed E-state index contributed by atoms with van der Waals surface area (Å²) in [6.07, 6.45) is 8.46. The highest BCUT2D eigenvalue weighted by Crippen LogP contribution is 2.41. The van der Waals surface area contributed by atoms with Crippen molar-refractivity contribution in [3.05, 3.63) is 53.1 Å². The topological polar surface area (TPSA) is 61.3 Å². The van der Waals surface area contributed by atoms with Crippen LogP contribution >= 0.6 is 11.6 Å². The Morgan fingerprint density at radius 1 is 1.23 bits per heavy atom. The molecule has 6 heteroatoms. The van der Waals surface area contributed by atoms with Crippen molar-refractivity contribution in [1.82, 2.24) is 9.88 Å². The number of likely N-dealkylation sites (tertiary alicyclic amines) is 1. The molecule has 0 saturated carbocycles. The first-order chi connectivity index (χ1) is 12.6. The third-order valence-corrected chi connectivity index (χ3v) is 6.18. The molecule has 5 nitrogen and oxygen atoms in total. The van der Waals surface area contributed by atoms with Crippen LogP contribution in [0.15, 0.2) is 41.3 Å². The van der Waals surface area contributed by atoms with E-state index in [1.165, 1.54) is 5.56 Å². The van der Waals surface area contributed by atoms with E-state index in [0.717, 1.165) is 61.1 Å². The number of carbonyl (C=O) groups is 1. The SMILES string of the molecule is O=C(c1c[nH]c2cc(Cl)ccc12)N1CCC2(CC1)CNc1cocc1C2. The number of hydrogen-bond donors (Lipinski definition) is 2. The molecule has 2 aromatic heterocycles. The molecule has 26 heavy (non-hydrogen) atoms. The number of nitrogens with one attached hydrogen (secondary N) is 2. The molecule has 1 aromatic carbocycles. The summed E-state index contributed by atoms with van der Waals surface area (Å²) in [6.45, 7) is 2.52. The Hall–Kier alpha value is -2.40. The minimum atomic E-state index is 0.0983. The summed E-state index contributed by atoms with van der Waals surface area (Å²) < 4.78 is 5.32. The van der Waals surface area contributed by atoms with E-state index >= 15 is 0 Å². The molecule has 0 aliphatic carbocycles. The first kappa shape index (κ1) is 15.8. The van der Waals surface area contributed by atoms with E-state index in [1.807, 2.05) is 29.4 Å². The molecule has 1 fully saturated rings. The minimum absolute atomic E-state index is 0.0983. The number of rotatable bonds is 1. The number of carbonyl (C=O) groups excluding carboxylic acids is 1. The van der Waals surface area contributed by atoms with Crippen molar-refractivity contribution in [3.63, 3.8) is 0 Å². The van der Waals surface area contributed by atoms with Crippen molar-refractivity contribution < 1.29 is 9.21 Å². The van der Waals surface area contributed by atoms with Crippen molar-refractivity contribution in [2.24, 2.45) is 5.41 Å². The maximum atomic E-state index is 13.0. The van der Waals surface area contributed by atoms with Crippen LogP contribution in [0, 0.1) is 5.41 Å². The smallest absolute Gasteiger partial charge is 0.256 e. The van der Waals surface area contributed by atoms with Crippen LogP contribution in [-0.4, -0.2) is 35.4 Å². The minimum Gasteiger partial charge on any atom is -0.470 e. The van der Waals surface area contributed by atoms with Crippen molar-refractivity contribution in [1.29, 1.82) is 0 Å². The Bertz CT molecular complexity index is 982. The Morgan fingerprint density at radius 3 is 2.92 bits per heavy atom. The van der Waals surface area contributed by atoms with Crippen LogP contribution in [0.1, 0.15) is 28.8 Å². The molecular weight excluding hydrogens is 350 g/mol. The second-order valence-electron chi connectivity index (χ2n) is 7.53. The van der Waals surface area contributed by atoms with E-state index in [9.17, 15) is 4.79 Å². The first-order valence-corrected chi connectivity index (χ1v) is 9.36. The molecule has 2 N–H and O–H groups in total. The monoisotopic (exact) mass is 369 g/mol. The van der Waals surface area contributed by atoms with Gasteiger partial charge in [-0.3, -0.25) is 4.79 Å². The summed E-state index contributed by atoms with van der Waals surface area (Å²) in [5.41, 5.74) is 4.22. The van der Waals surface area contributed by atoms with Gasteiger partial charge in [-0.1, -0.05) is 17.7 Å². The van der Waals surface area contributed by atoms with Crippen molar-refractivity contribution in [3.8, 4) is 0 Å². The Labute approximate surface area is 156 Å². The zero-order chi connectivity index (χ0) is 17.7. The van der Waals surface area contributed by atoms with Crippen LogP contribution in [0.5, 0.6) is 0 Å². The molecule has 0 radical (unpaired) electrons. The number of hydrogen-bond acceptors (Lipinski definition) is 3. The predicted molar refractivity (Wildman–Crippen MR) is 102 cm³/mol. The van der Waals surface area contributed by atoms with Gasteiger partial charge in [-0.05, 0) is 36.8 Å². The molecule has 1 amide bonds. The molecule has 134 valence electrons. The lowest BCUT2D eigenvalue weighted by Crippen LogP contribution is -2.48. The van der Waals surface area contributed by atoms with Crippen molar-refractivity contribution in [2.75, 3.05) is 25.0 Å². The number of nitrogens with zero attached hydrogens (tertiary/aromatic N) is 1. The number of amides is 1. The number of benzene rings is 1. The van der Waals surface area contributed by atoms with Gasteiger partial charge < -0.3 is 19.6 Å². The quantitative estimate of drug-likeness (QED) is 0.672. The maximum absolute atomic E-state index is 13.0. The van der Waals surface area contributed by atoms with Crippen molar-refractivity contribution in [2.45, 2.75) is 19.3 Å². The fourth-order valence-corrected chi connectivity index (χ4v) is 4.52. The number of H-pyrrole nitrogens is 1. The average molecular weight is 370 g/mol. The largest absolute Gasteiger partial charge is 0.470 e. The zero-order valence-corrected chi connectivity index (χ0v) is 15.1. The second-order valence-corrected chi connectivity index (χ2v) is 7.96. The maximum Gasteiger partial charge on any atom is 0.256 e. The molecule has 2 aliphatic rings. The lowest BCUT2D eigenvalue weighted by atomic mass is 9.72. The Morgan fingerprint density at radius 2 is 2.08 bits per heavy atom. The van der Waals surface area contributed by atoms with Crippen LogP contribution in [-0.2, 0) is 6.42 Å². The molecule has 0 atom stereocenters. The first-order valence-electron chi connectivity index (χ1n) is 8.98. The van der Waals surface area contributed by atoms with E-state index in [1.54, 1.807) is 12.5 Å². The van der Waals surface area contributed by atoms with E-state index in [-0.39, 0.29) is 11.3 Å². The fraction of sp³-hybridized carbons (Fsp3) is 0.350. The van der Waals surface area contributed by atoms with Gasteiger partial charge in [0.2, 0.25) is 0 Å². The van der Waals surface area contributed by atoms with Gasteiger partial charge in [0, 0.05) is 47.3 Å². The zero-order valence-electron chi connectivity index (χ0n) is 14.3. The Balaban J connectivity index is 1.33. The molecule has 5 rings (SSSR count). The van der Waals surface area contributed by atoms with Gasteiger partial charge in [-0.2, -0.15) is 0 Å². The van der Waals surface area contributed by atoms with E-state index in [0.29, 0.717) is 5.02 Å². The van der Waals surface area contributed by atoms with E-state index in [2.05, 4.69) is 10.3 Å². The summed E-state index contributed by atoms with van der Waals surface area (Å²) in [6, 6.07) is 5.60. The predicted octanol–water partition coefficient (Wildman–Crippen LogP) is 4.30. The number of fused-ring (bicyclic) bond motifs is 2. The van der Waals surface area contributed by atoms with Crippen LogP contribution in [0.2, 0.25) is 5.02 Å². The fourth-order valence-electron chi connectivity index (χ4n) is 4.35. The number of aromatic nitrogens is 1. The standard InChI is InChI=1S/C20H20ClN3O2/c21-14-1-2-15-16(9-22-17(15)7-14)19(25)24-5-3-20(4-6-24)8-13-10-26-11-18(13)23-12-20/h1-2,7,9-11,22-23H,3-6,8,12H2. The van der Waals surface area contributed by atoms with Crippen LogP contribution in [0.3, 0.4) is 0 Å². The van der Waals surface area contributed by atoms with Gasteiger partial charge in [0.15, 0.2) is 0 Å². The van der Waals surface area contributed by atoms with Gasteiger partial charge in [0.05, 0.1) is 17.5 Å². The van der Waals surface area contributed by atoms with E-state index < -0.39 is 0 Å². The highest BCUT2D eigenvalue weighted by molar-refractivity contribution is 6.31. The number of halogens is 1. The molecule has 2 aliphatic heterocycles. The van der Waals surface area contributed by atoms with Crippen molar-refractivity contribution >= 4 is 34.1 Å². The van der Waals surface area contributed by atoms with Gasteiger partial charge in [0.1, 0.15) is 6.26 Å². The third kappa shape index (κ3) is 2.50. The van der Waals surface area contributed by atoms with Gasteiger partial charge in [-0.25, -0.2) is 0 Å². The van der Waals surface area contributed by atoms with Crippen LogP contribution in [0.4, 0.5) is 5.69 Å². The molecule has 0 bridgehead atoms. The molecule has 3 aromatic rings. The van der Waals surface area contributed by atoms with Crippen LogP contribution in [0.25, 0.3) is 10.9 Å². The summed E-state index contributed by atoms with van der Waals surface area (Å²) in [5, 5.41) is 5.09. The molecule has 1 spiro atoms. The molecular formula is C20H20ClN3O2. The molecule has 1 saturated heterocycles. The highest BCUT2D eigenvalue weighted by atomic mass is 35.5. The van der Waals surface area contributed by atoms with Crippen LogP contribution < -0.4 is 5.32 Å². The lowest BCUT2D eigenvalue weighted by molar-refractivity contribution is 0.0594. The second kappa shape index (κ2) is 5.81. The van der Waals surface area contributed by atoms with Gasteiger partial charge in [-0.15, -0.1) is 0 Å². The summed E-state index contributed by atoms with van der Waals surface area (Å²) in [7, 11) is 0. The van der Waals surface area contributed by atoms with Gasteiger partial charge in [0.25, 0.3) is 5.91 Å². The lowest BCUT2D eigenvalue weighted by Gasteiger charge is -2.44. The Kier molecular flexibility index (Phi) is 3.54. The molecule has 4 heterocycles. The molecule has 0 unspecified atom stereocenters. The highest BCUT2D eigenvalue weighted by Gasteiger charge is 2.39. The summed E-state index contributed by atoms with van der Waals surface area (Å²) in [5.74, 6) is 0.0983. The third-order valence-electron chi connectivity index (χ3n) is 5.95. The number of anilines is 1. The average Bonchev–Trinajstić information content (AvgIpc) is 3.27. The normalized spacial score (nSPS) is 18.7. The van der Waals surface area contributed by atoms with E-state index in [4.69, 9.17) is 16.0 Å². The number of furan rings is 1. The van der Waals surface area contributed by atoms with Gasteiger partial charge >= 0.3 is 0 Å². The summed E-state index contributed by atoms with van der Waals surface area (Å²) in [4.78, 5) is 18.2. The number of aromatic amines is 1.